The first kappa shape index (κ1) is 18.1. The Kier molecular flexibility index (Phi) is 5.58. The Morgan fingerprint density at radius 1 is 1.11 bits per heavy atom. The number of pyridine rings is 2. The summed E-state index contributed by atoms with van der Waals surface area (Å²) in [7, 11) is 0. The van der Waals surface area contributed by atoms with Gasteiger partial charge in [0.25, 0.3) is 5.91 Å². The van der Waals surface area contributed by atoms with E-state index < -0.39 is 0 Å². The van der Waals surface area contributed by atoms with Crippen LogP contribution in [0.5, 0.6) is 0 Å². The van der Waals surface area contributed by atoms with E-state index in [-0.39, 0.29) is 11.9 Å². The van der Waals surface area contributed by atoms with Crippen LogP contribution in [0.25, 0.3) is 0 Å². The quantitative estimate of drug-likeness (QED) is 0.719. The van der Waals surface area contributed by atoms with Gasteiger partial charge in [0.15, 0.2) is 0 Å². The molecular weight excluding hydrogens is 350 g/mol. The Balaban J connectivity index is 1.38. The van der Waals surface area contributed by atoms with Gasteiger partial charge in [-0.25, -0.2) is 4.98 Å². The average molecular weight is 373 g/mol. The molecule has 1 aliphatic rings. The van der Waals surface area contributed by atoms with E-state index in [0.717, 1.165) is 31.0 Å². The smallest absolute Gasteiger partial charge is 0.253 e. The van der Waals surface area contributed by atoms with Crippen molar-refractivity contribution in [2.75, 3.05) is 24.5 Å². The molecule has 142 valence electrons. The Bertz CT molecular complexity index is 899. The van der Waals surface area contributed by atoms with Crippen molar-refractivity contribution in [3.8, 4) is 0 Å². The minimum Gasteiger partial charge on any atom is -0.353 e. The van der Waals surface area contributed by atoms with Crippen molar-refractivity contribution in [2.45, 2.75) is 12.6 Å². The van der Waals surface area contributed by atoms with Crippen LogP contribution in [0.3, 0.4) is 0 Å². The lowest BCUT2D eigenvalue weighted by Crippen LogP contribution is -2.46. The maximum absolute atomic E-state index is 12.4. The van der Waals surface area contributed by atoms with Crippen molar-refractivity contribution < 1.29 is 4.79 Å². The summed E-state index contributed by atoms with van der Waals surface area (Å²) in [6, 6.07) is 18.3. The molecule has 2 N–H and O–H groups in total. The average Bonchev–Trinajstić information content (AvgIpc) is 2.79. The topological polar surface area (TPSA) is 70.2 Å². The molecule has 1 aliphatic heterocycles. The van der Waals surface area contributed by atoms with Crippen molar-refractivity contribution in [3.63, 3.8) is 0 Å². The normalized spacial score (nSPS) is 16.6. The van der Waals surface area contributed by atoms with Crippen LogP contribution in [0.1, 0.15) is 27.5 Å². The monoisotopic (exact) mass is 373 g/mol. The van der Waals surface area contributed by atoms with Crippen LogP contribution in [0, 0.1) is 0 Å². The van der Waals surface area contributed by atoms with E-state index in [1.807, 2.05) is 30.3 Å². The highest BCUT2D eigenvalue weighted by molar-refractivity contribution is 5.94. The molecule has 28 heavy (non-hydrogen) atoms. The Morgan fingerprint density at radius 2 is 1.93 bits per heavy atom. The number of hydrogen-bond acceptors (Lipinski definition) is 5. The number of carbonyl (C=O) groups excluding carboxylic acids is 1. The number of aromatic nitrogens is 2. The van der Waals surface area contributed by atoms with Gasteiger partial charge in [-0.2, -0.15) is 0 Å². The van der Waals surface area contributed by atoms with E-state index in [4.69, 9.17) is 0 Å². The molecule has 1 saturated heterocycles. The highest BCUT2D eigenvalue weighted by atomic mass is 16.1. The lowest BCUT2D eigenvalue weighted by atomic mass is 10.0. The van der Waals surface area contributed by atoms with Gasteiger partial charge >= 0.3 is 0 Å². The molecule has 0 aliphatic carbocycles. The molecule has 1 fully saturated rings. The predicted molar refractivity (Wildman–Crippen MR) is 109 cm³/mol. The number of hydrogen-bond donors (Lipinski definition) is 2. The third kappa shape index (κ3) is 4.35. The molecule has 3 aromatic rings. The number of amides is 1. The minimum atomic E-state index is -0.127. The van der Waals surface area contributed by atoms with Crippen LogP contribution in [0.15, 0.2) is 73.2 Å². The molecule has 1 amide bonds. The maximum atomic E-state index is 12.4. The number of benzene rings is 1. The molecule has 0 radical (unpaired) electrons. The largest absolute Gasteiger partial charge is 0.353 e. The number of nitrogens with one attached hydrogen (secondary N) is 2. The number of piperazine rings is 1. The van der Waals surface area contributed by atoms with E-state index >= 15 is 0 Å². The van der Waals surface area contributed by atoms with Gasteiger partial charge in [0, 0.05) is 50.8 Å². The predicted octanol–water partition coefficient (Wildman–Crippen LogP) is 2.56. The second kappa shape index (κ2) is 8.63. The molecule has 0 unspecified atom stereocenters. The Morgan fingerprint density at radius 3 is 2.68 bits per heavy atom. The maximum Gasteiger partial charge on any atom is 0.253 e. The van der Waals surface area contributed by atoms with Crippen molar-refractivity contribution in [2.24, 2.45) is 0 Å². The van der Waals surface area contributed by atoms with Crippen LogP contribution in [0.2, 0.25) is 0 Å². The minimum absolute atomic E-state index is 0.127. The molecule has 6 nitrogen and oxygen atoms in total. The van der Waals surface area contributed by atoms with Crippen LogP contribution >= 0.6 is 0 Å². The lowest BCUT2D eigenvalue weighted by molar-refractivity contribution is 0.0950. The molecule has 0 spiro atoms. The molecule has 4 rings (SSSR count). The summed E-state index contributed by atoms with van der Waals surface area (Å²) in [6.45, 7) is 3.11. The second-order valence-corrected chi connectivity index (χ2v) is 6.81. The number of anilines is 1. The first-order valence-electron chi connectivity index (χ1n) is 9.46. The first-order valence-corrected chi connectivity index (χ1v) is 9.46. The van der Waals surface area contributed by atoms with E-state index in [0.29, 0.717) is 12.1 Å². The van der Waals surface area contributed by atoms with E-state index in [2.05, 4.69) is 49.8 Å². The van der Waals surface area contributed by atoms with Crippen molar-refractivity contribution in [1.29, 1.82) is 0 Å². The fraction of sp³-hybridized carbons (Fsp3) is 0.227. The van der Waals surface area contributed by atoms with Gasteiger partial charge in [0.05, 0.1) is 5.56 Å². The number of rotatable bonds is 5. The first-order chi connectivity index (χ1) is 13.8. The molecule has 1 aromatic carbocycles. The highest BCUT2D eigenvalue weighted by Gasteiger charge is 2.21. The third-order valence-electron chi connectivity index (χ3n) is 4.91. The van der Waals surface area contributed by atoms with Gasteiger partial charge in [0.2, 0.25) is 0 Å². The van der Waals surface area contributed by atoms with Crippen molar-refractivity contribution in [3.05, 3.63) is 89.9 Å². The zero-order valence-electron chi connectivity index (χ0n) is 15.6. The van der Waals surface area contributed by atoms with Gasteiger partial charge in [-0.3, -0.25) is 9.78 Å². The third-order valence-corrected chi connectivity index (χ3v) is 4.91. The van der Waals surface area contributed by atoms with Crippen LogP contribution in [-0.4, -0.2) is 35.5 Å². The van der Waals surface area contributed by atoms with E-state index in [9.17, 15) is 4.79 Å². The van der Waals surface area contributed by atoms with Crippen molar-refractivity contribution in [1.82, 2.24) is 20.6 Å². The summed E-state index contributed by atoms with van der Waals surface area (Å²) in [5.41, 5.74) is 2.85. The highest BCUT2D eigenvalue weighted by Crippen LogP contribution is 2.21. The van der Waals surface area contributed by atoms with Crippen LogP contribution < -0.4 is 15.5 Å². The van der Waals surface area contributed by atoms with Gasteiger partial charge in [-0.1, -0.05) is 30.3 Å². The van der Waals surface area contributed by atoms with Gasteiger partial charge in [-0.05, 0) is 35.4 Å². The molecule has 0 saturated carbocycles. The summed E-state index contributed by atoms with van der Waals surface area (Å²) >= 11 is 0. The van der Waals surface area contributed by atoms with Crippen LogP contribution in [-0.2, 0) is 6.54 Å². The zero-order chi connectivity index (χ0) is 19.2. The van der Waals surface area contributed by atoms with Gasteiger partial charge in [0.1, 0.15) is 5.82 Å². The summed E-state index contributed by atoms with van der Waals surface area (Å²) in [6.07, 6.45) is 5.08. The molecule has 1 atom stereocenters. The fourth-order valence-electron chi connectivity index (χ4n) is 3.36. The molecular formula is C22H23N5O. The fourth-order valence-corrected chi connectivity index (χ4v) is 3.36. The van der Waals surface area contributed by atoms with Crippen molar-refractivity contribution >= 4 is 11.7 Å². The SMILES string of the molecule is O=C(NCc1ccncc1)c1ccc(N2CCN[C@H](c3ccccc3)C2)nc1. The molecule has 3 heterocycles. The molecule has 2 aromatic heterocycles. The number of nitrogens with zero attached hydrogens (tertiary/aromatic N) is 3. The zero-order valence-corrected chi connectivity index (χ0v) is 15.6. The molecule has 0 bridgehead atoms. The van der Waals surface area contributed by atoms with E-state index in [1.54, 1.807) is 18.6 Å². The lowest BCUT2D eigenvalue weighted by Gasteiger charge is -2.34. The van der Waals surface area contributed by atoms with Gasteiger partial charge < -0.3 is 15.5 Å². The molecule has 6 heteroatoms. The number of carbonyl (C=O) groups is 1. The summed E-state index contributed by atoms with van der Waals surface area (Å²) in [5.74, 6) is 0.770. The van der Waals surface area contributed by atoms with E-state index in [1.165, 1.54) is 5.56 Å². The summed E-state index contributed by atoms with van der Waals surface area (Å²) in [5, 5.41) is 6.47. The standard InChI is InChI=1S/C22H23N5O/c28-22(26-14-17-8-10-23-11-9-17)19-6-7-21(25-15-19)27-13-12-24-20(16-27)18-4-2-1-3-5-18/h1-11,15,20,24H,12-14,16H2,(H,26,28)/t20-/m0/s1. The summed E-state index contributed by atoms with van der Waals surface area (Å²) in [4.78, 5) is 23.1. The second-order valence-electron chi connectivity index (χ2n) is 6.81. The van der Waals surface area contributed by atoms with Crippen LogP contribution in [0.4, 0.5) is 5.82 Å². The Hall–Kier alpha value is -3.25. The Labute approximate surface area is 164 Å². The summed E-state index contributed by atoms with van der Waals surface area (Å²) < 4.78 is 0. The van der Waals surface area contributed by atoms with Gasteiger partial charge in [-0.15, -0.1) is 0 Å².